The first kappa shape index (κ1) is 30.3. The Balaban J connectivity index is 2.11. The van der Waals surface area contributed by atoms with Gasteiger partial charge in [-0.1, -0.05) is 74.5 Å². The normalized spacial score (nSPS) is 12.7. The molecule has 0 aliphatic carbocycles. The fourth-order valence-electron chi connectivity index (χ4n) is 3.41. The minimum atomic E-state index is -1.32. The molecule has 0 aromatic heterocycles. The first-order valence-corrected chi connectivity index (χ1v) is 12.6. The molecule has 2 amide bonds. The van der Waals surface area contributed by atoms with Gasteiger partial charge in [0, 0.05) is 0 Å². The first-order valence-electron chi connectivity index (χ1n) is 12.6. The number of hydrogen-bond acceptors (Lipinski definition) is 7. The highest BCUT2D eigenvalue weighted by Gasteiger charge is 2.31. The van der Waals surface area contributed by atoms with E-state index in [1.165, 1.54) is 0 Å². The number of ether oxygens (including phenoxy) is 3. The van der Waals surface area contributed by atoms with Gasteiger partial charge in [0.05, 0.1) is 6.42 Å². The van der Waals surface area contributed by atoms with Crippen LogP contribution in [0.4, 0.5) is 4.79 Å². The molecule has 2 aromatic rings. The van der Waals surface area contributed by atoms with Gasteiger partial charge in [0.25, 0.3) is 0 Å². The third kappa shape index (κ3) is 11.9. The Bertz CT molecular complexity index is 1050. The van der Waals surface area contributed by atoms with Crippen LogP contribution in [-0.4, -0.2) is 41.6 Å². The van der Waals surface area contributed by atoms with Crippen LogP contribution in [0.5, 0.6) is 0 Å². The number of nitrogens with one attached hydrogen (secondary N) is 2. The van der Waals surface area contributed by atoms with Crippen LogP contribution in [0.3, 0.4) is 0 Å². The van der Waals surface area contributed by atoms with Crippen molar-refractivity contribution in [1.82, 2.24) is 10.6 Å². The van der Waals surface area contributed by atoms with Crippen LogP contribution in [-0.2, 0) is 41.8 Å². The summed E-state index contributed by atoms with van der Waals surface area (Å²) in [7, 11) is 0. The van der Waals surface area contributed by atoms with Crippen molar-refractivity contribution in [2.75, 3.05) is 0 Å². The van der Waals surface area contributed by atoms with Crippen molar-refractivity contribution >= 4 is 23.9 Å². The van der Waals surface area contributed by atoms with Crippen molar-refractivity contribution in [3.05, 3.63) is 71.8 Å². The number of amides is 2. The zero-order valence-corrected chi connectivity index (χ0v) is 22.7. The monoisotopic (exact) mass is 526 g/mol. The summed E-state index contributed by atoms with van der Waals surface area (Å²) in [5.41, 5.74) is 0.781. The van der Waals surface area contributed by atoms with Crippen LogP contribution < -0.4 is 10.6 Å². The van der Waals surface area contributed by atoms with E-state index in [2.05, 4.69) is 10.6 Å². The van der Waals surface area contributed by atoms with E-state index >= 15 is 0 Å². The molecule has 0 saturated carbocycles. The highest BCUT2D eigenvalue weighted by molar-refractivity contribution is 5.91. The van der Waals surface area contributed by atoms with Crippen molar-refractivity contribution < 1.29 is 33.4 Å². The van der Waals surface area contributed by atoms with Gasteiger partial charge in [-0.05, 0) is 44.2 Å². The van der Waals surface area contributed by atoms with Gasteiger partial charge < -0.3 is 24.8 Å². The molecule has 0 radical (unpaired) electrons. The van der Waals surface area contributed by atoms with E-state index in [1.54, 1.807) is 45.0 Å². The van der Waals surface area contributed by atoms with E-state index in [0.717, 1.165) is 11.1 Å². The van der Waals surface area contributed by atoms with Crippen LogP contribution in [0.15, 0.2) is 60.7 Å². The number of rotatable bonds is 12. The minimum absolute atomic E-state index is 0.0234. The standard InChI is InChI=1S/C29H38N2O7/c1-20(2)16-23(31-28(35)38-29(3,4)5)26(33)30-24(27(34)37-19-22-14-10-7-11-15-22)17-25(32)36-18-21-12-8-6-9-13-21/h6-15,20,23-24H,16-19H2,1-5H3,(H,30,33)(H,31,35)/t23-,24+/m0/s1. The van der Waals surface area contributed by atoms with E-state index < -0.39 is 48.0 Å². The van der Waals surface area contributed by atoms with Crippen molar-refractivity contribution in [3.8, 4) is 0 Å². The maximum atomic E-state index is 13.2. The summed E-state index contributed by atoms with van der Waals surface area (Å²) in [6.07, 6.45) is -0.911. The lowest BCUT2D eigenvalue weighted by atomic mass is 10.0. The highest BCUT2D eigenvalue weighted by Crippen LogP contribution is 2.12. The second kappa shape index (κ2) is 14.8. The van der Waals surface area contributed by atoms with Crippen LogP contribution in [0.2, 0.25) is 0 Å². The van der Waals surface area contributed by atoms with Crippen molar-refractivity contribution in [2.24, 2.45) is 5.92 Å². The van der Waals surface area contributed by atoms with Crippen molar-refractivity contribution in [3.63, 3.8) is 0 Å². The van der Waals surface area contributed by atoms with Gasteiger partial charge >= 0.3 is 18.0 Å². The number of carbonyl (C=O) groups excluding carboxylic acids is 4. The Morgan fingerprint density at radius 3 is 1.79 bits per heavy atom. The second-order valence-corrected chi connectivity index (χ2v) is 10.3. The number of alkyl carbamates (subject to hydrolysis) is 1. The number of hydrogen-bond donors (Lipinski definition) is 2. The molecule has 0 unspecified atom stereocenters. The predicted octanol–water partition coefficient (Wildman–Crippen LogP) is 4.29. The van der Waals surface area contributed by atoms with E-state index in [4.69, 9.17) is 14.2 Å². The summed E-state index contributed by atoms with van der Waals surface area (Å²) in [4.78, 5) is 51.1. The Morgan fingerprint density at radius 1 is 0.763 bits per heavy atom. The molecule has 0 saturated heterocycles. The summed E-state index contributed by atoms with van der Waals surface area (Å²) in [6, 6.07) is 15.8. The highest BCUT2D eigenvalue weighted by atomic mass is 16.6. The van der Waals surface area contributed by atoms with E-state index in [0.29, 0.717) is 0 Å². The fourth-order valence-corrected chi connectivity index (χ4v) is 3.41. The van der Waals surface area contributed by atoms with Crippen LogP contribution in [0.1, 0.15) is 58.6 Å². The molecule has 2 atom stereocenters. The molecule has 2 aromatic carbocycles. The quantitative estimate of drug-likeness (QED) is 0.313. The predicted molar refractivity (Wildman–Crippen MR) is 142 cm³/mol. The average Bonchev–Trinajstić information content (AvgIpc) is 2.85. The lowest BCUT2D eigenvalue weighted by Gasteiger charge is -2.25. The molecular formula is C29H38N2O7. The molecule has 9 heteroatoms. The van der Waals surface area contributed by atoms with Gasteiger partial charge in [-0.25, -0.2) is 9.59 Å². The summed E-state index contributed by atoms with van der Waals surface area (Å²) in [5.74, 6) is -2.07. The summed E-state index contributed by atoms with van der Waals surface area (Å²) in [6.45, 7) is 8.91. The molecule has 0 bridgehead atoms. The Labute approximate surface area is 224 Å². The van der Waals surface area contributed by atoms with E-state index in [9.17, 15) is 19.2 Å². The first-order chi connectivity index (χ1) is 17.9. The van der Waals surface area contributed by atoms with Crippen LogP contribution >= 0.6 is 0 Å². The van der Waals surface area contributed by atoms with E-state index in [-0.39, 0.29) is 25.6 Å². The zero-order valence-electron chi connectivity index (χ0n) is 22.7. The van der Waals surface area contributed by atoms with Crippen molar-refractivity contribution in [1.29, 1.82) is 0 Å². The number of esters is 2. The lowest BCUT2D eigenvalue weighted by molar-refractivity contribution is -0.155. The minimum Gasteiger partial charge on any atom is -0.461 e. The molecule has 0 spiro atoms. The third-order valence-electron chi connectivity index (χ3n) is 5.15. The van der Waals surface area contributed by atoms with Crippen molar-refractivity contribution in [2.45, 2.75) is 78.4 Å². The molecule has 0 heterocycles. The van der Waals surface area contributed by atoms with Gasteiger partial charge in [-0.15, -0.1) is 0 Å². The maximum absolute atomic E-state index is 13.2. The molecule has 0 fully saturated rings. The van der Waals surface area contributed by atoms with Gasteiger partial charge in [-0.3, -0.25) is 9.59 Å². The summed E-state index contributed by atoms with van der Waals surface area (Å²) >= 11 is 0. The molecular weight excluding hydrogens is 488 g/mol. The fraction of sp³-hybridized carbons (Fsp3) is 0.448. The van der Waals surface area contributed by atoms with E-state index in [1.807, 2.05) is 50.2 Å². The molecule has 206 valence electrons. The van der Waals surface area contributed by atoms with Crippen LogP contribution in [0.25, 0.3) is 0 Å². The largest absolute Gasteiger partial charge is 0.461 e. The summed E-state index contributed by atoms with van der Waals surface area (Å²) in [5, 5.41) is 5.14. The van der Waals surface area contributed by atoms with Gasteiger partial charge in [0.2, 0.25) is 5.91 Å². The number of benzene rings is 2. The Kier molecular flexibility index (Phi) is 11.8. The maximum Gasteiger partial charge on any atom is 0.408 e. The molecule has 2 rings (SSSR count). The van der Waals surface area contributed by atoms with Crippen LogP contribution in [0, 0.1) is 5.92 Å². The third-order valence-corrected chi connectivity index (χ3v) is 5.15. The Hall–Kier alpha value is -3.88. The smallest absolute Gasteiger partial charge is 0.408 e. The topological polar surface area (TPSA) is 120 Å². The SMILES string of the molecule is CC(C)C[C@H](NC(=O)OC(C)(C)C)C(=O)N[C@H](CC(=O)OCc1ccccc1)C(=O)OCc1ccccc1. The second-order valence-electron chi connectivity index (χ2n) is 10.3. The van der Waals surface area contributed by atoms with Gasteiger partial charge in [0.1, 0.15) is 30.9 Å². The summed E-state index contributed by atoms with van der Waals surface area (Å²) < 4.78 is 16.0. The molecule has 38 heavy (non-hydrogen) atoms. The molecule has 9 nitrogen and oxygen atoms in total. The zero-order chi connectivity index (χ0) is 28.1. The lowest BCUT2D eigenvalue weighted by Crippen LogP contribution is -2.53. The molecule has 0 aliphatic rings. The Morgan fingerprint density at radius 2 is 1.29 bits per heavy atom. The molecule has 0 aliphatic heterocycles. The number of carbonyl (C=O) groups is 4. The average molecular weight is 527 g/mol. The van der Waals surface area contributed by atoms with Gasteiger partial charge in [-0.2, -0.15) is 0 Å². The molecule has 2 N–H and O–H groups in total. The van der Waals surface area contributed by atoms with Gasteiger partial charge in [0.15, 0.2) is 0 Å².